The summed E-state index contributed by atoms with van der Waals surface area (Å²) >= 11 is 1.58. The first kappa shape index (κ1) is 14.7. The van der Waals surface area contributed by atoms with Gasteiger partial charge in [-0.2, -0.15) is 0 Å². The van der Waals surface area contributed by atoms with Crippen molar-refractivity contribution in [3.63, 3.8) is 0 Å². The minimum absolute atomic E-state index is 0.210. The predicted octanol–water partition coefficient (Wildman–Crippen LogP) is 2.34. The number of H-pyrrole nitrogens is 1. The van der Waals surface area contributed by atoms with Crippen LogP contribution in [0.5, 0.6) is 0 Å². The number of rotatable bonds is 6. The fourth-order valence-corrected chi connectivity index (χ4v) is 2.53. The number of nitrogens with one attached hydrogen (secondary N) is 2. The maximum atomic E-state index is 11.9. The van der Waals surface area contributed by atoms with E-state index < -0.39 is 6.10 Å². The number of aromatic amines is 1. The molecule has 0 saturated heterocycles. The second kappa shape index (κ2) is 6.67. The minimum Gasteiger partial charge on any atom is -0.391 e. The van der Waals surface area contributed by atoms with Crippen LogP contribution in [0.25, 0.3) is 11.3 Å². The molecule has 0 aliphatic carbocycles. The van der Waals surface area contributed by atoms with E-state index in [1.807, 2.05) is 19.2 Å². The van der Waals surface area contributed by atoms with Crippen LogP contribution in [0.3, 0.4) is 0 Å². The standard InChI is InChI=1S/C14H19N3O2S/c1-3-4-11(18)7-16-14(19)12-5-10(6-15-12)13-8-20-9(2)17-13/h5-6,8,11,15,18H,3-4,7H2,1-2H3,(H,16,19). The predicted molar refractivity (Wildman–Crippen MR) is 79.9 cm³/mol. The summed E-state index contributed by atoms with van der Waals surface area (Å²) in [4.78, 5) is 19.3. The van der Waals surface area contributed by atoms with Crippen LogP contribution in [0.2, 0.25) is 0 Å². The molecular formula is C14H19N3O2S. The molecule has 1 atom stereocenters. The van der Waals surface area contributed by atoms with Crippen molar-refractivity contribution in [3.8, 4) is 11.3 Å². The lowest BCUT2D eigenvalue weighted by atomic mass is 10.2. The molecule has 1 amide bonds. The molecule has 0 aromatic carbocycles. The fourth-order valence-electron chi connectivity index (χ4n) is 1.91. The van der Waals surface area contributed by atoms with Gasteiger partial charge in [-0.25, -0.2) is 4.98 Å². The van der Waals surface area contributed by atoms with Gasteiger partial charge in [0.05, 0.1) is 16.8 Å². The molecular weight excluding hydrogens is 274 g/mol. The van der Waals surface area contributed by atoms with E-state index in [-0.39, 0.29) is 12.5 Å². The molecule has 0 saturated carbocycles. The number of carbonyl (C=O) groups excluding carboxylic acids is 1. The lowest BCUT2D eigenvalue weighted by molar-refractivity contribution is 0.0906. The van der Waals surface area contributed by atoms with E-state index in [2.05, 4.69) is 15.3 Å². The third-order valence-electron chi connectivity index (χ3n) is 2.96. The quantitative estimate of drug-likeness (QED) is 0.765. The van der Waals surface area contributed by atoms with Crippen LogP contribution in [-0.2, 0) is 0 Å². The van der Waals surface area contributed by atoms with Crippen molar-refractivity contribution < 1.29 is 9.90 Å². The highest BCUT2D eigenvalue weighted by atomic mass is 32.1. The first-order chi connectivity index (χ1) is 9.60. The number of nitrogens with zero attached hydrogens (tertiary/aromatic N) is 1. The van der Waals surface area contributed by atoms with Crippen LogP contribution in [-0.4, -0.2) is 33.6 Å². The van der Waals surface area contributed by atoms with E-state index in [4.69, 9.17) is 0 Å². The molecule has 0 aliphatic heterocycles. The lowest BCUT2D eigenvalue weighted by Crippen LogP contribution is -2.32. The first-order valence-electron chi connectivity index (χ1n) is 6.67. The molecule has 0 radical (unpaired) electrons. The van der Waals surface area contributed by atoms with E-state index in [0.717, 1.165) is 22.7 Å². The average molecular weight is 293 g/mol. The summed E-state index contributed by atoms with van der Waals surface area (Å²) in [7, 11) is 0. The molecule has 108 valence electrons. The van der Waals surface area contributed by atoms with Gasteiger partial charge in [-0.1, -0.05) is 13.3 Å². The third kappa shape index (κ3) is 3.68. The number of hydrogen-bond donors (Lipinski definition) is 3. The monoisotopic (exact) mass is 293 g/mol. The summed E-state index contributed by atoms with van der Waals surface area (Å²) in [6.45, 7) is 4.22. The second-order valence-electron chi connectivity index (χ2n) is 4.71. The summed E-state index contributed by atoms with van der Waals surface area (Å²) < 4.78 is 0. The van der Waals surface area contributed by atoms with Crippen molar-refractivity contribution >= 4 is 17.2 Å². The number of carbonyl (C=O) groups is 1. The number of aliphatic hydroxyl groups excluding tert-OH is 1. The zero-order valence-electron chi connectivity index (χ0n) is 11.6. The van der Waals surface area contributed by atoms with E-state index in [1.54, 1.807) is 23.6 Å². The summed E-state index contributed by atoms with van der Waals surface area (Å²) in [6.07, 6.45) is 2.87. The summed E-state index contributed by atoms with van der Waals surface area (Å²) in [5.41, 5.74) is 2.25. The van der Waals surface area contributed by atoms with Crippen LogP contribution in [0.15, 0.2) is 17.6 Å². The smallest absolute Gasteiger partial charge is 0.267 e. The van der Waals surface area contributed by atoms with Crippen LogP contribution in [0.4, 0.5) is 0 Å². The molecule has 2 aromatic heterocycles. The van der Waals surface area contributed by atoms with Gasteiger partial charge in [-0.15, -0.1) is 11.3 Å². The van der Waals surface area contributed by atoms with Gasteiger partial charge < -0.3 is 15.4 Å². The summed E-state index contributed by atoms with van der Waals surface area (Å²) in [5.74, 6) is -0.210. The highest BCUT2D eigenvalue weighted by molar-refractivity contribution is 7.09. The van der Waals surface area contributed by atoms with Gasteiger partial charge in [0.2, 0.25) is 0 Å². The Labute approximate surface area is 122 Å². The number of hydrogen-bond acceptors (Lipinski definition) is 4. The fraction of sp³-hybridized carbons (Fsp3) is 0.429. The maximum absolute atomic E-state index is 11.9. The minimum atomic E-state index is -0.487. The Morgan fingerprint density at radius 2 is 2.40 bits per heavy atom. The largest absolute Gasteiger partial charge is 0.391 e. The van der Waals surface area contributed by atoms with Crippen molar-refractivity contribution in [3.05, 3.63) is 28.3 Å². The maximum Gasteiger partial charge on any atom is 0.267 e. The van der Waals surface area contributed by atoms with Crippen LogP contribution < -0.4 is 5.32 Å². The van der Waals surface area contributed by atoms with Gasteiger partial charge in [0.25, 0.3) is 5.91 Å². The number of aliphatic hydroxyl groups is 1. The van der Waals surface area contributed by atoms with Gasteiger partial charge in [0.1, 0.15) is 5.69 Å². The molecule has 0 spiro atoms. The van der Waals surface area contributed by atoms with Crippen molar-refractivity contribution in [2.24, 2.45) is 0 Å². The Morgan fingerprint density at radius 3 is 3.05 bits per heavy atom. The molecule has 0 bridgehead atoms. The van der Waals surface area contributed by atoms with E-state index in [0.29, 0.717) is 12.1 Å². The highest BCUT2D eigenvalue weighted by Gasteiger charge is 2.12. The molecule has 5 nitrogen and oxygen atoms in total. The summed E-state index contributed by atoms with van der Waals surface area (Å²) in [6, 6.07) is 1.77. The van der Waals surface area contributed by atoms with Gasteiger partial charge in [0.15, 0.2) is 0 Å². The van der Waals surface area contributed by atoms with Crippen molar-refractivity contribution in [1.82, 2.24) is 15.3 Å². The van der Waals surface area contributed by atoms with Gasteiger partial charge in [-0.3, -0.25) is 4.79 Å². The zero-order chi connectivity index (χ0) is 14.5. The van der Waals surface area contributed by atoms with E-state index >= 15 is 0 Å². The van der Waals surface area contributed by atoms with Crippen LogP contribution in [0.1, 0.15) is 35.3 Å². The normalized spacial score (nSPS) is 12.3. The Kier molecular flexibility index (Phi) is 4.92. The van der Waals surface area contributed by atoms with Gasteiger partial charge in [-0.05, 0) is 19.4 Å². The molecule has 2 aromatic rings. The second-order valence-corrected chi connectivity index (χ2v) is 5.77. The van der Waals surface area contributed by atoms with Crippen molar-refractivity contribution in [2.75, 3.05) is 6.54 Å². The number of thiazole rings is 1. The Morgan fingerprint density at radius 1 is 1.60 bits per heavy atom. The Balaban J connectivity index is 1.96. The van der Waals surface area contributed by atoms with E-state index in [9.17, 15) is 9.90 Å². The lowest BCUT2D eigenvalue weighted by Gasteiger charge is -2.09. The Bertz CT molecular complexity index is 576. The average Bonchev–Trinajstić information content (AvgIpc) is 3.04. The van der Waals surface area contributed by atoms with Gasteiger partial charge >= 0.3 is 0 Å². The summed E-state index contributed by atoms with van der Waals surface area (Å²) in [5, 5.41) is 15.3. The molecule has 6 heteroatoms. The number of aromatic nitrogens is 2. The molecule has 2 rings (SSSR count). The van der Waals surface area contributed by atoms with Crippen LogP contribution in [0, 0.1) is 6.92 Å². The number of amides is 1. The molecule has 1 unspecified atom stereocenters. The highest BCUT2D eigenvalue weighted by Crippen LogP contribution is 2.22. The Hall–Kier alpha value is -1.66. The molecule has 0 aliphatic rings. The molecule has 20 heavy (non-hydrogen) atoms. The molecule has 2 heterocycles. The van der Waals surface area contributed by atoms with Gasteiger partial charge in [0, 0.05) is 23.7 Å². The topological polar surface area (TPSA) is 78.0 Å². The number of aryl methyl sites for hydroxylation is 1. The SMILES string of the molecule is CCCC(O)CNC(=O)c1cc(-c2csc(C)n2)c[nH]1. The van der Waals surface area contributed by atoms with Crippen LogP contribution >= 0.6 is 11.3 Å². The van der Waals surface area contributed by atoms with Crippen molar-refractivity contribution in [2.45, 2.75) is 32.8 Å². The molecule has 0 fully saturated rings. The first-order valence-corrected chi connectivity index (χ1v) is 7.55. The zero-order valence-corrected chi connectivity index (χ0v) is 12.5. The van der Waals surface area contributed by atoms with Crippen molar-refractivity contribution in [1.29, 1.82) is 0 Å². The third-order valence-corrected chi connectivity index (χ3v) is 3.74. The van der Waals surface area contributed by atoms with E-state index in [1.165, 1.54) is 0 Å². The molecule has 3 N–H and O–H groups in total.